The summed E-state index contributed by atoms with van der Waals surface area (Å²) in [5.41, 5.74) is 6.30. The van der Waals surface area contributed by atoms with E-state index in [1.54, 1.807) is 0 Å². The van der Waals surface area contributed by atoms with Gasteiger partial charge < -0.3 is 10.3 Å². The van der Waals surface area contributed by atoms with Crippen LogP contribution >= 0.6 is 0 Å². The highest BCUT2D eigenvalue weighted by atomic mass is 15.1. The summed E-state index contributed by atoms with van der Waals surface area (Å²) in [7, 11) is 0. The van der Waals surface area contributed by atoms with Gasteiger partial charge in [-0.2, -0.15) is 0 Å². The third-order valence-corrected chi connectivity index (χ3v) is 2.78. The van der Waals surface area contributed by atoms with E-state index < -0.39 is 0 Å². The smallest absolute Gasteiger partial charge is 0.108 e. The first kappa shape index (κ1) is 12.2. The second-order valence-corrected chi connectivity index (χ2v) is 5.22. The first-order valence-electron chi connectivity index (χ1n) is 5.70. The molecule has 1 aromatic rings. The van der Waals surface area contributed by atoms with Crippen molar-refractivity contribution in [3.8, 4) is 0 Å². The van der Waals surface area contributed by atoms with Gasteiger partial charge in [-0.15, -0.1) is 0 Å². The molecule has 1 atom stereocenters. The van der Waals surface area contributed by atoms with Crippen LogP contribution in [0, 0.1) is 5.41 Å². The minimum Gasteiger partial charge on any atom is -0.333 e. The molecule has 0 spiro atoms. The highest BCUT2D eigenvalue weighted by Gasteiger charge is 2.21. The van der Waals surface area contributed by atoms with Crippen LogP contribution in [-0.4, -0.2) is 15.6 Å². The molecule has 3 heteroatoms. The minimum absolute atomic E-state index is 0.147. The molecule has 0 saturated heterocycles. The van der Waals surface area contributed by atoms with Crippen molar-refractivity contribution in [2.45, 2.75) is 53.1 Å². The van der Waals surface area contributed by atoms with Crippen molar-refractivity contribution < 1.29 is 0 Å². The average Bonchev–Trinajstić information content (AvgIpc) is 2.52. The van der Waals surface area contributed by atoms with Gasteiger partial charge in [0.15, 0.2) is 0 Å². The van der Waals surface area contributed by atoms with Crippen molar-refractivity contribution in [2.75, 3.05) is 0 Å². The van der Waals surface area contributed by atoms with E-state index in [0.29, 0.717) is 0 Å². The van der Waals surface area contributed by atoms with Gasteiger partial charge in [0.05, 0.1) is 0 Å². The van der Waals surface area contributed by atoms with Crippen LogP contribution in [0.3, 0.4) is 0 Å². The van der Waals surface area contributed by atoms with Crippen molar-refractivity contribution in [1.29, 1.82) is 0 Å². The van der Waals surface area contributed by atoms with Crippen molar-refractivity contribution in [3.05, 3.63) is 18.2 Å². The van der Waals surface area contributed by atoms with Crippen LogP contribution < -0.4 is 5.73 Å². The van der Waals surface area contributed by atoms with E-state index in [9.17, 15) is 0 Å². The van der Waals surface area contributed by atoms with Gasteiger partial charge in [0.2, 0.25) is 0 Å². The third-order valence-electron chi connectivity index (χ3n) is 2.78. The fourth-order valence-corrected chi connectivity index (χ4v) is 1.44. The van der Waals surface area contributed by atoms with Crippen LogP contribution in [0.2, 0.25) is 0 Å². The van der Waals surface area contributed by atoms with E-state index in [1.807, 2.05) is 12.4 Å². The molecule has 1 rings (SSSR count). The third kappa shape index (κ3) is 3.34. The monoisotopic (exact) mass is 209 g/mol. The number of nitrogens with zero attached hydrogens (tertiary/aromatic N) is 2. The lowest BCUT2D eigenvalue weighted by molar-refractivity contribution is 0.289. The average molecular weight is 209 g/mol. The number of rotatable bonds is 4. The number of hydrogen-bond donors (Lipinski definition) is 1. The molecule has 15 heavy (non-hydrogen) atoms. The maximum absolute atomic E-state index is 6.16. The second kappa shape index (κ2) is 4.79. The Morgan fingerprint density at radius 3 is 2.67 bits per heavy atom. The van der Waals surface area contributed by atoms with Crippen LogP contribution in [0.4, 0.5) is 0 Å². The van der Waals surface area contributed by atoms with Gasteiger partial charge in [-0.1, -0.05) is 27.7 Å². The van der Waals surface area contributed by atoms with Crippen LogP contribution in [0.25, 0.3) is 0 Å². The predicted molar refractivity (Wildman–Crippen MR) is 63.7 cm³/mol. The molecule has 0 saturated carbocycles. The maximum Gasteiger partial charge on any atom is 0.108 e. The van der Waals surface area contributed by atoms with Gasteiger partial charge in [0.1, 0.15) is 5.82 Å². The summed E-state index contributed by atoms with van der Waals surface area (Å²) >= 11 is 0. The normalized spacial score (nSPS) is 14.2. The molecule has 0 aliphatic carbocycles. The summed E-state index contributed by atoms with van der Waals surface area (Å²) in [6, 6.07) is 0.169. The molecule has 3 nitrogen and oxygen atoms in total. The topological polar surface area (TPSA) is 43.8 Å². The molecule has 86 valence electrons. The molecule has 0 amide bonds. The summed E-state index contributed by atoms with van der Waals surface area (Å²) in [5, 5.41) is 0. The van der Waals surface area contributed by atoms with Gasteiger partial charge in [0.25, 0.3) is 0 Å². The lowest BCUT2D eigenvalue weighted by Gasteiger charge is -2.27. The van der Waals surface area contributed by atoms with Crippen molar-refractivity contribution in [3.63, 3.8) is 0 Å². The summed E-state index contributed by atoms with van der Waals surface area (Å²) < 4.78 is 2.18. The molecule has 0 aliphatic rings. The molecule has 0 bridgehead atoms. The van der Waals surface area contributed by atoms with E-state index in [2.05, 4.69) is 37.2 Å². The summed E-state index contributed by atoms with van der Waals surface area (Å²) in [6.07, 6.45) is 6.04. The summed E-state index contributed by atoms with van der Waals surface area (Å²) in [5.74, 6) is 1.15. The first-order chi connectivity index (χ1) is 6.95. The molecular formula is C12H23N3. The van der Waals surface area contributed by atoms with Crippen LogP contribution in [0.1, 0.15) is 39.9 Å². The van der Waals surface area contributed by atoms with Crippen LogP contribution in [-0.2, 0) is 13.0 Å². The summed E-state index contributed by atoms with van der Waals surface area (Å²) in [6.45, 7) is 9.55. The van der Waals surface area contributed by atoms with Crippen molar-refractivity contribution in [2.24, 2.45) is 11.1 Å². The molecule has 0 radical (unpaired) electrons. The van der Waals surface area contributed by atoms with Crippen LogP contribution in [0.5, 0.6) is 0 Å². The highest BCUT2D eigenvalue weighted by molar-refractivity contribution is 4.94. The van der Waals surface area contributed by atoms with E-state index in [4.69, 9.17) is 5.73 Å². The number of aromatic nitrogens is 2. The van der Waals surface area contributed by atoms with Crippen LogP contribution in [0.15, 0.2) is 12.4 Å². The van der Waals surface area contributed by atoms with Crippen molar-refractivity contribution >= 4 is 0 Å². The SMILES string of the molecule is CCCc1nccn1CC(N)C(C)(C)C. The maximum atomic E-state index is 6.16. The number of imidazole rings is 1. The summed E-state index contributed by atoms with van der Waals surface area (Å²) in [4.78, 5) is 4.35. The second-order valence-electron chi connectivity index (χ2n) is 5.22. The first-order valence-corrected chi connectivity index (χ1v) is 5.70. The van der Waals surface area contributed by atoms with Crippen molar-refractivity contribution in [1.82, 2.24) is 9.55 Å². The Bertz CT molecular complexity index is 296. The van der Waals surface area contributed by atoms with E-state index in [1.165, 1.54) is 0 Å². The predicted octanol–water partition coefficient (Wildman–Crippen LogP) is 2.21. The zero-order valence-electron chi connectivity index (χ0n) is 10.3. The zero-order chi connectivity index (χ0) is 11.5. The zero-order valence-corrected chi connectivity index (χ0v) is 10.3. The van der Waals surface area contributed by atoms with Gasteiger partial charge in [-0.05, 0) is 11.8 Å². The Hall–Kier alpha value is -0.830. The largest absolute Gasteiger partial charge is 0.333 e. The Morgan fingerprint density at radius 2 is 2.13 bits per heavy atom. The fourth-order valence-electron chi connectivity index (χ4n) is 1.44. The molecule has 0 fully saturated rings. The van der Waals surface area contributed by atoms with E-state index in [0.717, 1.165) is 25.2 Å². The van der Waals surface area contributed by atoms with Gasteiger partial charge in [0, 0.05) is 31.4 Å². The molecule has 1 heterocycles. The fraction of sp³-hybridized carbons (Fsp3) is 0.750. The number of aryl methyl sites for hydroxylation is 1. The molecular weight excluding hydrogens is 186 g/mol. The number of nitrogens with two attached hydrogens (primary N) is 1. The standard InChI is InChI=1S/C12H23N3/c1-5-6-11-14-7-8-15(11)9-10(13)12(2,3)4/h7-8,10H,5-6,9,13H2,1-4H3. The quantitative estimate of drug-likeness (QED) is 0.826. The lowest BCUT2D eigenvalue weighted by atomic mass is 9.87. The lowest BCUT2D eigenvalue weighted by Crippen LogP contribution is -2.39. The Balaban J connectivity index is 2.68. The molecule has 0 aliphatic heterocycles. The number of hydrogen-bond acceptors (Lipinski definition) is 2. The highest BCUT2D eigenvalue weighted by Crippen LogP contribution is 2.19. The Morgan fingerprint density at radius 1 is 1.47 bits per heavy atom. The van der Waals surface area contributed by atoms with Gasteiger partial charge in [-0.3, -0.25) is 0 Å². The minimum atomic E-state index is 0.147. The Labute approximate surface area is 92.7 Å². The molecule has 0 aromatic carbocycles. The van der Waals surface area contributed by atoms with Gasteiger partial charge in [-0.25, -0.2) is 4.98 Å². The molecule has 1 aromatic heterocycles. The van der Waals surface area contributed by atoms with E-state index >= 15 is 0 Å². The Kier molecular flexibility index (Phi) is 3.91. The van der Waals surface area contributed by atoms with E-state index in [-0.39, 0.29) is 11.5 Å². The van der Waals surface area contributed by atoms with Gasteiger partial charge >= 0.3 is 0 Å². The molecule has 2 N–H and O–H groups in total. The molecule has 1 unspecified atom stereocenters.